The Morgan fingerprint density at radius 1 is 1.33 bits per heavy atom. The van der Waals surface area contributed by atoms with Crippen LogP contribution in [0.1, 0.15) is 0 Å². The first-order chi connectivity index (χ1) is 4.42. The van der Waals surface area contributed by atoms with Gasteiger partial charge in [-0.25, -0.2) is 8.42 Å². The molecule has 6 nitrogen and oxygen atoms in total. The summed E-state index contributed by atoms with van der Waals surface area (Å²) in [5, 5.41) is 1.91. The van der Waals surface area contributed by atoms with Gasteiger partial charge in [-0.15, -0.1) is 0 Å². The molecule has 0 aromatic rings. The van der Waals surface area contributed by atoms with Crippen molar-refractivity contribution < 1.29 is 80.8 Å². The molecule has 0 amide bonds. The van der Waals surface area contributed by atoms with Crippen LogP contribution in [0.25, 0.3) is 0 Å². The summed E-state index contributed by atoms with van der Waals surface area (Å²) in [7, 11) is -4.35. The third-order valence-corrected chi connectivity index (χ3v) is 1.50. The zero-order valence-corrected chi connectivity index (χ0v) is 12.4. The van der Waals surface area contributed by atoms with Gasteiger partial charge in [0.05, 0.1) is 11.8 Å². The van der Waals surface area contributed by atoms with Crippen LogP contribution in [-0.2, 0) is 21.2 Å². The van der Waals surface area contributed by atoms with Gasteiger partial charge >= 0.3 is 59.1 Å². The zero-order valence-electron chi connectivity index (χ0n) is 6.77. The Morgan fingerprint density at radius 2 is 1.75 bits per heavy atom. The summed E-state index contributed by atoms with van der Waals surface area (Å²) in [6, 6.07) is 0. The fourth-order valence-corrected chi connectivity index (χ4v) is 1.000. The second-order valence-corrected chi connectivity index (χ2v) is 3.70. The van der Waals surface area contributed by atoms with Crippen molar-refractivity contribution in [3.63, 3.8) is 0 Å². The van der Waals surface area contributed by atoms with E-state index in [9.17, 15) is 21.7 Å². The summed E-state index contributed by atoms with van der Waals surface area (Å²) in [4.78, 5) is 0. The van der Waals surface area contributed by atoms with Crippen molar-refractivity contribution >= 4 is 21.2 Å². The largest absolute Gasteiger partial charge is 1.00 e. The molecule has 0 aromatic heterocycles. The molecule has 0 radical (unpaired) electrons. The smallest absolute Gasteiger partial charge is 0.771 e. The van der Waals surface area contributed by atoms with Crippen LogP contribution < -0.4 is 64.4 Å². The van der Waals surface area contributed by atoms with E-state index >= 15 is 0 Å². The second-order valence-electron chi connectivity index (χ2n) is 1.40. The Morgan fingerprint density at radius 3 is 2.00 bits per heavy atom. The molecule has 10 heteroatoms. The van der Waals surface area contributed by atoms with Gasteiger partial charge in [-0.1, -0.05) is 0 Å². The molecule has 0 heterocycles. The van der Waals surface area contributed by atoms with Crippen molar-refractivity contribution in [2.75, 3.05) is 11.8 Å². The SMILES string of the molecule is O=S([O-])CNCS(=O)(=O)[O-].[Na+].[Na+]. The molecule has 0 rings (SSSR count). The summed E-state index contributed by atoms with van der Waals surface area (Å²) >= 11 is -2.36. The molecule has 62 valence electrons. The average molecular weight is 233 g/mol. The minimum atomic E-state index is -4.35. The normalized spacial score (nSPS) is 12.5. The molecule has 0 bridgehead atoms. The Labute approximate surface area is 117 Å². The van der Waals surface area contributed by atoms with Crippen LogP contribution in [0.15, 0.2) is 0 Å². The molecule has 12 heavy (non-hydrogen) atoms. The number of nitrogens with one attached hydrogen (secondary N) is 1. The Balaban J connectivity index is -0.000000405. The van der Waals surface area contributed by atoms with Gasteiger partial charge in [-0.3, -0.25) is 9.53 Å². The average Bonchev–Trinajstić information content (AvgIpc) is 1.59. The molecule has 0 aromatic carbocycles. The summed E-state index contributed by atoms with van der Waals surface area (Å²) in [5.74, 6) is -1.39. The number of rotatable bonds is 4. The zero-order chi connectivity index (χ0) is 8.20. The Kier molecular flexibility index (Phi) is 15.5. The van der Waals surface area contributed by atoms with Crippen molar-refractivity contribution in [3.05, 3.63) is 0 Å². The van der Waals surface area contributed by atoms with Crippen LogP contribution >= 0.6 is 0 Å². The number of hydrogen-bond donors (Lipinski definition) is 1. The maximum Gasteiger partial charge on any atom is 1.00 e. The third-order valence-electron chi connectivity index (χ3n) is 0.499. The predicted octanol–water partition coefficient (Wildman–Crippen LogP) is -8.08. The molecule has 0 aliphatic heterocycles. The van der Waals surface area contributed by atoms with Gasteiger partial charge in [0.25, 0.3) is 0 Å². The van der Waals surface area contributed by atoms with E-state index in [2.05, 4.69) is 0 Å². The first kappa shape index (κ1) is 19.5. The van der Waals surface area contributed by atoms with E-state index in [0.29, 0.717) is 0 Å². The van der Waals surface area contributed by atoms with Crippen molar-refractivity contribution in [2.45, 2.75) is 0 Å². The quantitative estimate of drug-likeness (QED) is 0.293. The van der Waals surface area contributed by atoms with Gasteiger partial charge in [-0.2, -0.15) is 0 Å². The van der Waals surface area contributed by atoms with Gasteiger partial charge in [0.15, 0.2) is 0 Å². The van der Waals surface area contributed by atoms with Crippen molar-refractivity contribution in [3.8, 4) is 0 Å². The molecule has 0 saturated carbocycles. The molecular formula is C2H5NNa2O5S2. The topological polar surface area (TPSA) is 109 Å². The Hall–Kier alpha value is 1.98. The van der Waals surface area contributed by atoms with E-state index in [1.54, 1.807) is 0 Å². The summed E-state index contributed by atoms with van der Waals surface area (Å²) < 4.78 is 48.8. The summed E-state index contributed by atoms with van der Waals surface area (Å²) in [6.07, 6.45) is 0. The first-order valence-electron chi connectivity index (χ1n) is 2.12. The van der Waals surface area contributed by atoms with Crippen LogP contribution in [0, 0.1) is 0 Å². The molecule has 0 aliphatic rings. The molecule has 1 unspecified atom stereocenters. The van der Waals surface area contributed by atoms with Crippen LogP contribution in [0.5, 0.6) is 0 Å². The van der Waals surface area contributed by atoms with Crippen LogP contribution in [0.2, 0.25) is 0 Å². The fourth-order valence-electron chi connectivity index (χ4n) is 0.250. The van der Waals surface area contributed by atoms with Crippen molar-refractivity contribution in [1.29, 1.82) is 0 Å². The minimum absolute atomic E-state index is 0. The van der Waals surface area contributed by atoms with Crippen molar-refractivity contribution in [2.24, 2.45) is 0 Å². The molecule has 0 saturated heterocycles. The van der Waals surface area contributed by atoms with Gasteiger partial charge < -0.3 is 9.11 Å². The van der Waals surface area contributed by atoms with E-state index in [1.165, 1.54) is 0 Å². The standard InChI is InChI=1S/C2H7NO5S2.2Na/c4-9(5)1-3-2-10(6,7)8;;/h3H,1-2H2,(H,4,5)(H,6,7,8);;/q;2*+1/p-2. The molecule has 0 spiro atoms. The second kappa shape index (κ2) is 9.53. The van der Waals surface area contributed by atoms with Gasteiger partial charge in [-0.05, 0) is 11.1 Å². The summed E-state index contributed by atoms with van der Waals surface area (Å²) in [6.45, 7) is 0. The van der Waals surface area contributed by atoms with E-state index < -0.39 is 33.0 Å². The molecule has 1 atom stereocenters. The predicted molar refractivity (Wildman–Crippen MR) is 31.5 cm³/mol. The van der Waals surface area contributed by atoms with Gasteiger partial charge in [0, 0.05) is 0 Å². The van der Waals surface area contributed by atoms with E-state index in [0.717, 1.165) is 0 Å². The van der Waals surface area contributed by atoms with E-state index in [4.69, 9.17) is 0 Å². The van der Waals surface area contributed by atoms with Crippen LogP contribution in [0.4, 0.5) is 0 Å². The first-order valence-corrected chi connectivity index (χ1v) is 4.94. The van der Waals surface area contributed by atoms with E-state index in [-0.39, 0.29) is 59.1 Å². The van der Waals surface area contributed by atoms with Crippen molar-refractivity contribution in [1.82, 2.24) is 5.32 Å². The Bertz CT molecular complexity index is 215. The number of hydrogen-bond acceptors (Lipinski definition) is 6. The summed E-state index contributed by atoms with van der Waals surface area (Å²) in [5.41, 5.74) is 0. The maximum atomic E-state index is 9.79. The van der Waals surface area contributed by atoms with Gasteiger partial charge in [0.2, 0.25) is 0 Å². The fraction of sp³-hybridized carbons (Fsp3) is 1.00. The minimum Gasteiger partial charge on any atom is -0.771 e. The molecular weight excluding hydrogens is 228 g/mol. The molecule has 0 fully saturated rings. The molecule has 0 aliphatic carbocycles. The van der Waals surface area contributed by atoms with Gasteiger partial charge in [0.1, 0.15) is 10.1 Å². The van der Waals surface area contributed by atoms with Crippen LogP contribution in [0.3, 0.4) is 0 Å². The third kappa shape index (κ3) is 17.9. The van der Waals surface area contributed by atoms with E-state index in [1.807, 2.05) is 5.32 Å². The van der Waals surface area contributed by atoms with Crippen LogP contribution in [-0.4, -0.2) is 33.5 Å². The maximum absolute atomic E-state index is 9.79. The monoisotopic (exact) mass is 233 g/mol. The molecule has 1 N–H and O–H groups in total.